The minimum Gasteiger partial charge on any atom is -0.444 e. The van der Waals surface area contributed by atoms with Crippen molar-refractivity contribution in [2.45, 2.75) is 46.1 Å². The number of aromatic nitrogens is 4. The van der Waals surface area contributed by atoms with Crippen LogP contribution in [0, 0.1) is 5.41 Å². The van der Waals surface area contributed by atoms with Gasteiger partial charge in [-0.15, -0.1) is 5.10 Å². The number of piperidine rings is 1. The Hall–Kier alpha value is -2.97. The summed E-state index contributed by atoms with van der Waals surface area (Å²) in [6.45, 7) is 8.43. The van der Waals surface area contributed by atoms with Crippen molar-refractivity contribution < 1.29 is 14.3 Å². The first-order chi connectivity index (χ1) is 13.2. The molecular weight excluding hydrogens is 360 g/mol. The monoisotopic (exact) mass is 386 g/mol. The van der Waals surface area contributed by atoms with Gasteiger partial charge in [0.05, 0.1) is 5.41 Å². The van der Waals surface area contributed by atoms with Crippen LogP contribution in [0.15, 0.2) is 24.3 Å². The lowest BCUT2D eigenvalue weighted by atomic mass is 9.79. The summed E-state index contributed by atoms with van der Waals surface area (Å²) in [7, 11) is 0. The number of benzene rings is 1. The Morgan fingerprint density at radius 2 is 1.96 bits per heavy atom. The number of likely N-dealkylation sites (tertiary alicyclic amines) is 1. The van der Waals surface area contributed by atoms with Gasteiger partial charge < -0.3 is 15.0 Å². The van der Waals surface area contributed by atoms with Crippen LogP contribution in [0.4, 0.5) is 10.5 Å². The minimum atomic E-state index is -0.553. The van der Waals surface area contributed by atoms with E-state index in [-0.39, 0.29) is 12.0 Å². The molecule has 0 unspecified atom stereocenters. The summed E-state index contributed by atoms with van der Waals surface area (Å²) in [5.74, 6) is 0.470. The number of tetrazole rings is 1. The van der Waals surface area contributed by atoms with Crippen molar-refractivity contribution in [1.29, 1.82) is 0 Å². The van der Waals surface area contributed by atoms with Crippen molar-refractivity contribution in [1.82, 2.24) is 25.5 Å². The molecule has 1 aromatic heterocycles. The first-order valence-corrected chi connectivity index (χ1v) is 9.30. The molecule has 0 spiro atoms. The topological polar surface area (TPSA) is 113 Å². The van der Waals surface area contributed by atoms with Gasteiger partial charge in [-0.25, -0.2) is 9.89 Å². The summed E-state index contributed by atoms with van der Waals surface area (Å²) in [5.41, 5.74) is 0.379. The van der Waals surface area contributed by atoms with E-state index in [2.05, 4.69) is 25.9 Å². The van der Waals surface area contributed by atoms with Gasteiger partial charge in [0.1, 0.15) is 5.60 Å². The van der Waals surface area contributed by atoms with Crippen LogP contribution in [0.25, 0.3) is 11.4 Å². The molecule has 28 heavy (non-hydrogen) atoms. The number of amides is 2. The van der Waals surface area contributed by atoms with Crippen molar-refractivity contribution in [2.24, 2.45) is 5.41 Å². The van der Waals surface area contributed by atoms with Crippen LogP contribution in [0.5, 0.6) is 0 Å². The van der Waals surface area contributed by atoms with Crippen molar-refractivity contribution in [3.63, 3.8) is 0 Å². The van der Waals surface area contributed by atoms with Gasteiger partial charge in [0.25, 0.3) is 0 Å². The van der Waals surface area contributed by atoms with E-state index in [4.69, 9.17) is 4.74 Å². The van der Waals surface area contributed by atoms with Gasteiger partial charge in [-0.05, 0) is 56.2 Å². The summed E-state index contributed by atoms with van der Waals surface area (Å²) in [6.07, 6.45) is 0.816. The number of nitrogens with zero attached hydrogens (tertiary/aromatic N) is 4. The zero-order chi connectivity index (χ0) is 20.4. The Balaban J connectivity index is 1.61. The lowest BCUT2D eigenvalue weighted by Gasteiger charge is -2.38. The number of ether oxygens (including phenoxy) is 1. The third kappa shape index (κ3) is 4.65. The fourth-order valence-corrected chi connectivity index (χ4v) is 3.04. The summed E-state index contributed by atoms with van der Waals surface area (Å²) in [5, 5.41) is 16.7. The molecular formula is C19H26N6O3. The molecule has 0 bridgehead atoms. The highest BCUT2D eigenvalue weighted by molar-refractivity contribution is 5.95. The molecule has 1 aromatic carbocycles. The van der Waals surface area contributed by atoms with Crippen molar-refractivity contribution >= 4 is 17.7 Å². The average Bonchev–Trinajstić information content (AvgIpc) is 3.16. The Bertz CT molecular complexity index is 836. The lowest BCUT2D eigenvalue weighted by molar-refractivity contribution is -0.127. The third-order valence-electron chi connectivity index (χ3n) is 4.81. The van der Waals surface area contributed by atoms with Crippen molar-refractivity contribution in [3.05, 3.63) is 24.3 Å². The molecule has 3 rings (SSSR count). The van der Waals surface area contributed by atoms with E-state index in [0.717, 1.165) is 5.56 Å². The second-order valence-corrected chi connectivity index (χ2v) is 8.31. The van der Waals surface area contributed by atoms with Crippen molar-refractivity contribution in [2.75, 3.05) is 18.4 Å². The maximum atomic E-state index is 12.9. The highest BCUT2D eigenvalue weighted by Gasteiger charge is 2.39. The molecule has 9 nitrogen and oxygen atoms in total. The van der Waals surface area contributed by atoms with Gasteiger partial charge in [0.15, 0.2) is 5.82 Å². The SMILES string of the molecule is CC(C)(C)OC(=O)N1CCC(C)(C(=O)Nc2cccc(-c3nnn[nH]3)c2)CC1. The molecule has 1 aliphatic heterocycles. The largest absolute Gasteiger partial charge is 0.444 e. The molecule has 150 valence electrons. The van der Waals surface area contributed by atoms with Crippen molar-refractivity contribution in [3.8, 4) is 11.4 Å². The van der Waals surface area contributed by atoms with Crippen LogP contribution >= 0.6 is 0 Å². The summed E-state index contributed by atoms with van der Waals surface area (Å²) >= 11 is 0. The van der Waals surface area contributed by atoms with Gasteiger partial charge in [-0.1, -0.05) is 19.1 Å². The number of aromatic amines is 1. The Labute approximate surface area is 163 Å². The predicted molar refractivity (Wildman–Crippen MR) is 103 cm³/mol. The van der Waals surface area contributed by atoms with E-state index < -0.39 is 11.0 Å². The minimum absolute atomic E-state index is 0.0656. The number of hydrogen-bond acceptors (Lipinski definition) is 6. The van der Waals surface area contributed by atoms with Gasteiger partial charge in [0, 0.05) is 24.3 Å². The molecule has 2 N–H and O–H groups in total. The molecule has 2 amide bonds. The smallest absolute Gasteiger partial charge is 0.410 e. The van der Waals surface area contributed by atoms with Gasteiger partial charge >= 0.3 is 6.09 Å². The number of H-pyrrole nitrogens is 1. The zero-order valence-electron chi connectivity index (χ0n) is 16.7. The quantitative estimate of drug-likeness (QED) is 0.839. The van der Waals surface area contributed by atoms with E-state index in [1.54, 1.807) is 4.90 Å². The maximum absolute atomic E-state index is 12.9. The summed E-state index contributed by atoms with van der Waals surface area (Å²) in [6, 6.07) is 7.34. The molecule has 2 heterocycles. The standard InChI is InChI=1S/C19H26N6O3/c1-18(2,3)28-17(27)25-10-8-19(4,9-11-25)16(26)20-14-7-5-6-13(12-14)15-21-23-24-22-15/h5-7,12H,8-11H2,1-4H3,(H,20,26)(H,21,22,23,24). The van der Waals surface area contributed by atoms with E-state index >= 15 is 0 Å². The summed E-state index contributed by atoms with van der Waals surface area (Å²) < 4.78 is 5.42. The molecule has 1 saturated heterocycles. The van der Waals surface area contributed by atoms with Crippen LogP contribution in [0.2, 0.25) is 0 Å². The highest BCUT2D eigenvalue weighted by atomic mass is 16.6. The fraction of sp³-hybridized carbons (Fsp3) is 0.526. The lowest BCUT2D eigenvalue weighted by Crippen LogP contribution is -2.48. The molecule has 0 radical (unpaired) electrons. The first kappa shape index (κ1) is 19.8. The molecule has 1 aliphatic rings. The van der Waals surface area contributed by atoms with Gasteiger partial charge in [-0.2, -0.15) is 0 Å². The van der Waals surface area contributed by atoms with E-state index in [0.29, 0.717) is 37.4 Å². The van der Waals surface area contributed by atoms with E-state index in [1.807, 2.05) is 52.0 Å². The number of rotatable bonds is 3. The number of carbonyl (C=O) groups excluding carboxylic acids is 2. The molecule has 0 saturated carbocycles. The number of nitrogens with one attached hydrogen (secondary N) is 2. The zero-order valence-corrected chi connectivity index (χ0v) is 16.7. The summed E-state index contributed by atoms with van der Waals surface area (Å²) in [4.78, 5) is 26.8. The molecule has 9 heteroatoms. The number of carbonyl (C=O) groups is 2. The maximum Gasteiger partial charge on any atom is 0.410 e. The second-order valence-electron chi connectivity index (χ2n) is 8.31. The van der Waals surface area contributed by atoms with E-state index in [1.165, 1.54) is 0 Å². The number of hydrogen-bond donors (Lipinski definition) is 2. The normalized spacial score (nSPS) is 16.5. The average molecular weight is 386 g/mol. The van der Waals surface area contributed by atoms with Crippen LogP contribution in [0.1, 0.15) is 40.5 Å². The van der Waals surface area contributed by atoms with Crippen LogP contribution in [0.3, 0.4) is 0 Å². The first-order valence-electron chi connectivity index (χ1n) is 9.30. The molecule has 0 aliphatic carbocycles. The molecule has 1 fully saturated rings. The fourth-order valence-electron chi connectivity index (χ4n) is 3.04. The van der Waals surface area contributed by atoms with E-state index in [9.17, 15) is 9.59 Å². The van der Waals surface area contributed by atoms with Gasteiger partial charge in [-0.3, -0.25) is 4.79 Å². The van der Waals surface area contributed by atoms with Crippen LogP contribution in [-0.4, -0.2) is 56.2 Å². The molecule has 0 atom stereocenters. The molecule has 2 aromatic rings. The Morgan fingerprint density at radius 3 is 2.57 bits per heavy atom. The van der Waals surface area contributed by atoms with Gasteiger partial charge in [0.2, 0.25) is 5.91 Å². The Morgan fingerprint density at radius 1 is 1.25 bits per heavy atom. The second kappa shape index (κ2) is 7.57. The highest BCUT2D eigenvalue weighted by Crippen LogP contribution is 2.33. The van der Waals surface area contributed by atoms with Crippen LogP contribution < -0.4 is 5.32 Å². The third-order valence-corrected chi connectivity index (χ3v) is 4.81. The Kier molecular flexibility index (Phi) is 5.35. The number of anilines is 1. The predicted octanol–water partition coefficient (Wildman–Crippen LogP) is 2.84. The van der Waals surface area contributed by atoms with Crippen LogP contribution in [-0.2, 0) is 9.53 Å².